The summed E-state index contributed by atoms with van der Waals surface area (Å²) in [6, 6.07) is 2.19. The summed E-state index contributed by atoms with van der Waals surface area (Å²) in [4.78, 5) is 8.88. The van der Waals surface area contributed by atoms with E-state index in [1.807, 2.05) is 17.8 Å². The lowest BCUT2D eigenvalue weighted by Gasteiger charge is -2.15. The molecule has 0 amide bonds. The van der Waals surface area contributed by atoms with E-state index < -0.39 is 0 Å². The number of aromatic nitrogens is 2. The third kappa shape index (κ3) is 2.78. The van der Waals surface area contributed by atoms with Gasteiger partial charge in [-0.1, -0.05) is 13.8 Å². The highest BCUT2D eigenvalue weighted by atomic mass is 32.1. The van der Waals surface area contributed by atoms with Crippen LogP contribution >= 0.6 is 11.3 Å². The molecule has 1 atom stereocenters. The van der Waals surface area contributed by atoms with E-state index in [9.17, 15) is 0 Å². The van der Waals surface area contributed by atoms with Crippen LogP contribution in [0.3, 0.4) is 0 Å². The standard InChI is InChI=1S/C15H18N2OS/c1-3-10(2)13-8-11(15-16-6-7-19-15)9-17-14(13)18-12-4-5-12/h6-10,12H,3-5H2,1-2H3. The molecule has 0 N–H and O–H groups in total. The van der Waals surface area contributed by atoms with Crippen LogP contribution in [0.5, 0.6) is 5.88 Å². The fraction of sp³-hybridized carbons (Fsp3) is 0.467. The number of hydrogen-bond donors (Lipinski definition) is 0. The molecule has 1 saturated carbocycles. The first-order valence-electron chi connectivity index (χ1n) is 6.84. The van der Waals surface area contributed by atoms with Crippen molar-refractivity contribution in [3.05, 3.63) is 29.4 Å². The minimum atomic E-state index is 0.390. The van der Waals surface area contributed by atoms with Crippen LogP contribution in [0.2, 0.25) is 0 Å². The molecule has 2 aromatic heterocycles. The minimum absolute atomic E-state index is 0.390. The number of rotatable bonds is 5. The summed E-state index contributed by atoms with van der Waals surface area (Å²) in [5, 5.41) is 3.02. The summed E-state index contributed by atoms with van der Waals surface area (Å²) in [6.45, 7) is 4.42. The lowest BCUT2D eigenvalue weighted by Crippen LogP contribution is -2.04. The fourth-order valence-electron chi connectivity index (χ4n) is 1.97. The Morgan fingerprint density at radius 3 is 2.89 bits per heavy atom. The molecule has 2 heterocycles. The molecule has 1 fully saturated rings. The molecule has 1 aliphatic rings. The molecule has 0 aliphatic heterocycles. The van der Waals surface area contributed by atoms with E-state index in [2.05, 4.69) is 29.9 Å². The van der Waals surface area contributed by atoms with Crippen LogP contribution in [-0.2, 0) is 0 Å². The second-order valence-corrected chi connectivity index (χ2v) is 5.98. The molecule has 3 nitrogen and oxygen atoms in total. The Balaban J connectivity index is 1.96. The summed E-state index contributed by atoms with van der Waals surface area (Å²) in [7, 11) is 0. The van der Waals surface area contributed by atoms with Crippen LogP contribution in [0, 0.1) is 0 Å². The van der Waals surface area contributed by atoms with E-state index in [1.165, 1.54) is 5.56 Å². The molecular formula is C15H18N2OS. The second-order valence-electron chi connectivity index (χ2n) is 5.08. The normalized spacial score (nSPS) is 16.3. The van der Waals surface area contributed by atoms with Gasteiger partial charge in [-0.05, 0) is 31.2 Å². The van der Waals surface area contributed by atoms with Crippen molar-refractivity contribution in [2.24, 2.45) is 0 Å². The largest absolute Gasteiger partial charge is 0.474 e. The fourth-order valence-corrected chi connectivity index (χ4v) is 2.59. The maximum Gasteiger partial charge on any atom is 0.217 e. The molecule has 0 aromatic carbocycles. The maximum absolute atomic E-state index is 5.92. The molecule has 1 unspecified atom stereocenters. The van der Waals surface area contributed by atoms with Gasteiger partial charge in [0.2, 0.25) is 5.88 Å². The number of pyridine rings is 1. The van der Waals surface area contributed by atoms with Gasteiger partial charge in [-0.3, -0.25) is 0 Å². The average Bonchev–Trinajstić information content (AvgIpc) is 3.08. The SMILES string of the molecule is CCC(C)c1cc(-c2nccs2)cnc1OC1CC1. The van der Waals surface area contributed by atoms with Crippen LogP contribution < -0.4 is 4.74 Å². The van der Waals surface area contributed by atoms with Gasteiger partial charge in [0.1, 0.15) is 11.1 Å². The third-order valence-corrected chi connectivity index (χ3v) is 4.33. The predicted octanol–water partition coefficient (Wildman–Crippen LogP) is 4.26. The molecule has 0 radical (unpaired) electrons. The molecule has 100 valence electrons. The van der Waals surface area contributed by atoms with Gasteiger partial charge in [-0.2, -0.15) is 0 Å². The van der Waals surface area contributed by atoms with Crippen molar-refractivity contribution in [2.75, 3.05) is 0 Å². The highest BCUT2D eigenvalue weighted by Gasteiger charge is 2.26. The summed E-state index contributed by atoms with van der Waals surface area (Å²) in [5.74, 6) is 1.28. The van der Waals surface area contributed by atoms with Gasteiger partial charge in [-0.25, -0.2) is 9.97 Å². The lowest BCUT2D eigenvalue weighted by molar-refractivity contribution is 0.286. The first kappa shape index (κ1) is 12.6. The molecule has 3 rings (SSSR count). The Morgan fingerprint density at radius 1 is 1.42 bits per heavy atom. The summed E-state index contributed by atoms with van der Waals surface area (Å²) in [6.07, 6.45) is 7.51. The maximum atomic E-state index is 5.92. The zero-order valence-corrected chi connectivity index (χ0v) is 12.1. The molecule has 0 saturated heterocycles. The van der Waals surface area contributed by atoms with E-state index in [0.29, 0.717) is 12.0 Å². The third-order valence-electron chi connectivity index (χ3n) is 3.50. The summed E-state index contributed by atoms with van der Waals surface area (Å²) < 4.78 is 5.92. The van der Waals surface area contributed by atoms with E-state index in [-0.39, 0.29) is 0 Å². The Morgan fingerprint density at radius 2 is 2.26 bits per heavy atom. The average molecular weight is 274 g/mol. The minimum Gasteiger partial charge on any atom is -0.474 e. The monoisotopic (exact) mass is 274 g/mol. The van der Waals surface area contributed by atoms with E-state index in [0.717, 1.165) is 35.7 Å². The summed E-state index contributed by atoms with van der Waals surface area (Å²) >= 11 is 1.64. The molecular weight excluding hydrogens is 256 g/mol. The first-order chi connectivity index (χ1) is 9.28. The second kappa shape index (κ2) is 5.29. The molecule has 19 heavy (non-hydrogen) atoms. The molecule has 0 bridgehead atoms. The van der Waals surface area contributed by atoms with E-state index in [4.69, 9.17) is 4.74 Å². The Hall–Kier alpha value is -1.42. The van der Waals surface area contributed by atoms with Crippen LogP contribution in [0.1, 0.15) is 44.6 Å². The van der Waals surface area contributed by atoms with Crippen molar-refractivity contribution in [2.45, 2.75) is 45.1 Å². The number of hydrogen-bond acceptors (Lipinski definition) is 4. The topological polar surface area (TPSA) is 35.0 Å². The van der Waals surface area contributed by atoms with Crippen molar-refractivity contribution in [1.82, 2.24) is 9.97 Å². The molecule has 0 spiro atoms. The van der Waals surface area contributed by atoms with Gasteiger partial charge in [0.05, 0.1) is 0 Å². The molecule has 4 heteroatoms. The van der Waals surface area contributed by atoms with Crippen molar-refractivity contribution in [1.29, 1.82) is 0 Å². The van der Waals surface area contributed by atoms with Gasteiger partial charge in [-0.15, -0.1) is 11.3 Å². The number of nitrogens with zero attached hydrogens (tertiary/aromatic N) is 2. The van der Waals surface area contributed by atoms with Crippen LogP contribution in [0.25, 0.3) is 10.6 Å². The Labute approximate surface area is 117 Å². The Bertz CT molecular complexity index is 549. The Kier molecular flexibility index (Phi) is 3.51. The zero-order chi connectivity index (χ0) is 13.2. The van der Waals surface area contributed by atoms with Gasteiger partial charge in [0, 0.05) is 28.9 Å². The lowest BCUT2D eigenvalue weighted by atomic mass is 9.98. The number of ether oxygens (including phenoxy) is 1. The van der Waals surface area contributed by atoms with E-state index in [1.54, 1.807) is 11.3 Å². The van der Waals surface area contributed by atoms with E-state index >= 15 is 0 Å². The highest BCUT2D eigenvalue weighted by molar-refractivity contribution is 7.13. The van der Waals surface area contributed by atoms with Gasteiger partial charge in [0.15, 0.2) is 0 Å². The van der Waals surface area contributed by atoms with Crippen LogP contribution in [0.15, 0.2) is 23.8 Å². The summed E-state index contributed by atoms with van der Waals surface area (Å²) in [5.41, 5.74) is 2.30. The van der Waals surface area contributed by atoms with Gasteiger partial charge in [0.25, 0.3) is 0 Å². The highest BCUT2D eigenvalue weighted by Crippen LogP contribution is 2.35. The van der Waals surface area contributed by atoms with Crippen LogP contribution in [0.4, 0.5) is 0 Å². The van der Waals surface area contributed by atoms with Gasteiger partial charge < -0.3 is 4.74 Å². The van der Waals surface area contributed by atoms with Crippen LogP contribution in [-0.4, -0.2) is 16.1 Å². The van der Waals surface area contributed by atoms with Crippen molar-refractivity contribution in [3.63, 3.8) is 0 Å². The van der Waals surface area contributed by atoms with Gasteiger partial charge >= 0.3 is 0 Å². The van der Waals surface area contributed by atoms with Crippen molar-refractivity contribution < 1.29 is 4.74 Å². The van der Waals surface area contributed by atoms with Crippen molar-refractivity contribution in [3.8, 4) is 16.5 Å². The molecule has 2 aromatic rings. The molecule has 1 aliphatic carbocycles. The first-order valence-corrected chi connectivity index (χ1v) is 7.72. The number of thiazole rings is 1. The predicted molar refractivity (Wildman–Crippen MR) is 77.7 cm³/mol. The quantitative estimate of drug-likeness (QED) is 0.817. The van der Waals surface area contributed by atoms with Crippen molar-refractivity contribution >= 4 is 11.3 Å². The zero-order valence-electron chi connectivity index (χ0n) is 11.3. The smallest absolute Gasteiger partial charge is 0.217 e.